The van der Waals surface area contributed by atoms with Crippen LogP contribution in [0.5, 0.6) is 0 Å². The van der Waals surface area contributed by atoms with Crippen LogP contribution in [-0.4, -0.2) is 25.7 Å². The molecule has 0 fully saturated rings. The number of aryl methyl sites for hydroxylation is 1. The molecule has 102 valence electrons. The van der Waals surface area contributed by atoms with Crippen LogP contribution in [0.3, 0.4) is 0 Å². The highest BCUT2D eigenvalue weighted by Gasteiger charge is 2.12. The summed E-state index contributed by atoms with van der Waals surface area (Å²) in [5.74, 6) is -0.114. The summed E-state index contributed by atoms with van der Waals surface area (Å²) < 4.78 is 1.79. The van der Waals surface area contributed by atoms with E-state index in [0.29, 0.717) is 12.1 Å². The number of aromatic amines is 1. The van der Waals surface area contributed by atoms with Gasteiger partial charge in [-0.2, -0.15) is 10.2 Å². The van der Waals surface area contributed by atoms with E-state index in [0.717, 1.165) is 23.2 Å². The van der Waals surface area contributed by atoms with Crippen LogP contribution in [0.1, 0.15) is 28.5 Å². The van der Waals surface area contributed by atoms with Crippen molar-refractivity contribution in [1.29, 1.82) is 0 Å². The number of carbonyl (C=O) groups is 1. The van der Waals surface area contributed by atoms with Crippen molar-refractivity contribution in [2.75, 3.05) is 0 Å². The Hall–Kier alpha value is -2.63. The second kappa shape index (κ2) is 5.16. The van der Waals surface area contributed by atoms with Crippen molar-refractivity contribution < 1.29 is 4.79 Å². The van der Waals surface area contributed by atoms with Crippen LogP contribution in [0.25, 0.3) is 5.52 Å². The summed E-state index contributed by atoms with van der Waals surface area (Å²) >= 11 is 0. The number of H-pyrrole nitrogens is 1. The van der Waals surface area contributed by atoms with Crippen molar-refractivity contribution in [2.24, 2.45) is 0 Å². The number of hydrogen-bond donors (Lipinski definition) is 2. The fourth-order valence-electron chi connectivity index (χ4n) is 2.21. The van der Waals surface area contributed by atoms with Gasteiger partial charge in [-0.1, -0.05) is 13.0 Å². The third-order valence-electron chi connectivity index (χ3n) is 3.28. The molecule has 0 bridgehead atoms. The number of nitrogens with one attached hydrogen (secondary N) is 2. The minimum atomic E-state index is -0.114. The summed E-state index contributed by atoms with van der Waals surface area (Å²) in [4.78, 5) is 12.1. The normalized spacial score (nSPS) is 10.8. The van der Waals surface area contributed by atoms with Crippen LogP contribution in [0.2, 0.25) is 0 Å². The molecule has 0 aliphatic carbocycles. The molecule has 3 rings (SSSR count). The van der Waals surface area contributed by atoms with Crippen LogP contribution < -0.4 is 5.32 Å². The average Bonchev–Trinajstić information content (AvgIpc) is 3.12. The molecule has 3 aromatic rings. The molecule has 6 heteroatoms. The van der Waals surface area contributed by atoms with Gasteiger partial charge in [-0.25, -0.2) is 4.52 Å². The Morgan fingerprint density at radius 3 is 3.20 bits per heavy atom. The van der Waals surface area contributed by atoms with Crippen LogP contribution >= 0.6 is 0 Å². The lowest BCUT2D eigenvalue weighted by molar-refractivity contribution is 0.0950. The molecule has 0 aliphatic heterocycles. The van der Waals surface area contributed by atoms with E-state index in [1.165, 1.54) is 0 Å². The summed E-state index contributed by atoms with van der Waals surface area (Å²) in [5.41, 5.74) is 3.48. The van der Waals surface area contributed by atoms with Crippen LogP contribution in [0.15, 0.2) is 36.8 Å². The maximum atomic E-state index is 12.1. The van der Waals surface area contributed by atoms with E-state index < -0.39 is 0 Å². The molecule has 3 heterocycles. The lowest BCUT2D eigenvalue weighted by Crippen LogP contribution is -2.23. The van der Waals surface area contributed by atoms with Crippen LogP contribution in [0.4, 0.5) is 0 Å². The van der Waals surface area contributed by atoms with E-state index in [1.807, 2.05) is 31.3 Å². The van der Waals surface area contributed by atoms with E-state index >= 15 is 0 Å². The van der Waals surface area contributed by atoms with Gasteiger partial charge in [0.25, 0.3) is 5.91 Å². The Kier molecular flexibility index (Phi) is 3.20. The molecule has 6 nitrogen and oxygen atoms in total. The number of nitrogens with zero attached hydrogens (tertiary/aromatic N) is 3. The lowest BCUT2D eigenvalue weighted by atomic mass is 10.2. The predicted octanol–water partition coefficient (Wildman–Crippen LogP) is 1.55. The zero-order chi connectivity index (χ0) is 13.9. The van der Waals surface area contributed by atoms with Crippen molar-refractivity contribution in [2.45, 2.75) is 19.9 Å². The van der Waals surface area contributed by atoms with Gasteiger partial charge in [0.15, 0.2) is 0 Å². The fourth-order valence-corrected chi connectivity index (χ4v) is 2.21. The van der Waals surface area contributed by atoms with Crippen LogP contribution in [-0.2, 0) is 13.0 Å². The van der Waals surface area contributed by atoms with Crippen molar-refractivity contribution in [3.8, 4) is 0 Å². The Labute approximate surface area is 115 Å². The summed E-state index contributed by atoms with van der Waals surface area (Å²) in [6, 6.07) is 5.82. The first-order valence-electron chi connectivity index (χ1n) is 6.51. The Morgan fingerprint density at radius 2 is 2.35 bits per heavy atom. The fraction of sp³-hybridized carbons (Fsp3) is 0.214. The molecular formula is C14H15N5O. The largest absolute Gasteiger partial charge is 0.348 e. The SMILES string of the molecule is CCc1[nH]ncc1C(=O)NCc1cccn2nccc12. The van der Waals surface area contributed by atoms with Crippen molar-refractivity contribution in [1.82, 2.24) is 25.1 Å². The topological polar surface area (TPSA) is 75.1 Å². The molecule has 0 saturated heterocycles. The van der Waals surface area contributed by atoms with E-state index in [1.54, 1.807) is 16.9 Å². The maximum absolute atomic E-state index is 12.1. The molecule has 0 radical (unpaired) electrons. The van der Waals surface area contributed by atoms with E-state index in [4.69, 9.17) is 0 Å². The quantitative estimate of drug-likeness (QED) is 0.754. The van der Waals surface area contributed by atoms with Gasteiger partial charge in [0, 0.05) is 24.6 Å². The number of hydrogen-bond acceptors (Lipinski definition) is 3. The molecule has 0 aliphatic rings. The third kappa shape index (κ3) is 2.16. The van der Waals surface area contributed by atoms with Gasteiger partial charge < -0.3 is 5.32 Å². The van der Waals surface area contributed by atoms with E-state index in [9.17, 15) is 4.79 Å². The Morgan fingerprint density at radius 1 is 1.45 bits per heavy atom. The van der Waals surface area contributed by atoms with Gasteiger partial charge in [0.2, 0.25) is 0 Å². The van der Waals surface area contributed by atoms with Gasteiger partial charge >= 0.3 is 0 Å². The zero-order valence-corrected chi connectivity index (χ0v) is 11.1. The first-order chi connectivity index (χ1) is 9.79. The number of carbonyl (C=O) groups excluding carboxylic acids is 1. The summed E-state index contributed by atoms with van der Waals surface area (Å²) in [6.45, 7) is 2.44. The summed E-state index contributed by atoms with van der Waals surface area (Å²) in [7, 11) is 0. The third-order valence-corrected chi connectivity index (χ3v) is 3.28. The highest BCUT2D eigenvalue weighted by atomic mass is 16.1. The molecule has 1 amide bonds. The summed E-state index contributed by atoms with van der Waals surface area (Å²) in [6.07, 6.45) is 5.94. The molecule has 0 spiro atoms. The predicted molar refractivity (Wildman–Crippen MR) is 74.3 cm³/mol. The number of aromatic nitrogens is 4. The molecule has 0 atom stereocenters. The van der Waals surface area contributed by atoms with Gasteiger partial charge in [0.1, 0.15) is 0 Å². The molecule has 3 aromatic heterocycles. The monoisotopic (exact) mass is 269 g/mol. The van der Waals surface area contributed by atoms with Crippen molar-refractivity contribution >= 4 is 11.4 Å². The number of rotatable bonds is 4. The number of amides is 1. The van der Waals surface area contributed by atoms with Crippen molar-refractivity contribution in [3.05, 3.63) is 53.6 Å². The smallest absolute Gasteiger partial charge is 0.255 e. The summed E-state index contributed by atoms with van der Waals surface area (Å²) in [5, 5.41) is 13.8. The standard InChI is InChI=1S/C14H15N5O/c1-2-12-11(9-16-18-12)14(20)15-8-10-4-3-7-19-13(10)5-6-17-19/h3-7,9H,2,8H2,1H3,(H,15,20)(H,16,18). The first-order valence-corrected chi connectivity index (χ1v) is 6.51. The Balaban J connectivity index is 1.76. The second-order valence-corrected chi connectivity index (χ2v) is 4.49. The lowest BCUT2D eigenvalue weighted by Gasteiger charge is -2.06. The molecule has 2 N–H and O–H groups in total. The average molecular weight is 269 g/mol. The number of fused-ring (bicyclic) bond motifs is 1. The first kappa shape index (κ1) is 12.4. The maximum Gasteiger partial charge on any atom is 0.255 e. The highest BCUT2D eigenvalue weighted by Crippen LogP contribution is 2.10. The molecule has 0 unspecified atom stereocenters. The van der Waals surface area contributed by atoms with E-state index in [2.05, 4.69) is 20.6 Å². The molecule has 0 saturated carbocycles. The molecule has 0 aromatic carbocycles. The molecular weight excluding hydrogens is 254 g/mol. The number of pyridine rings is 1. The van der Waals surface area contributed by atoms with Crippen molar-refractivity contribution in [3.63, 3.8) is 0 Å². The minimum absolute atomic E-state index is 0.114. The Bertz CT molecular complexity index is 743. The van der Waals surface area contributed by atoms with Gasteiger partial charge in [-0.05, 0) is 24.1 Å². The zero-order valence-electron chi connectivity index (χ0n) is 11.1. The second-order valence-electron chi connectivity index (χ2n) is 4.49. The van der Waals surface area contributed by atoms with E-state index in [-0.39, 0.29) is 5.91 Å². The van der Waals surface area contributed by atoms with Gasteiger partial charge in [-0.3, -0.25) is 9.89 Å². The van der Waals surface area contributed by atoms with Gasteiger partial charge in [-0.15, -0.1) is 0 Å². The molecule has 20 heavy (non-hydrogen) atoms. The highest BCUT2D eigenvalue weighted by molar-refractivity contribution is 5.95. The van der Waals surface area contributed by atoms with Crippen LogP contribution in [0, 0.1) is 0 Å². The van der Waals surface area contributed by atoms with Gasteiger partial charge in [0.05, 0.1) is 17.3 Å². The minimum Gasteiger partial charge on any atom is -0.348 e.